The van der Waals surface area contributed by atoms with Gasteiger partial charge < -0.3 is 5.73 Å². The Labute approximate surface area is 130 Å². The number of carbonyl (C=O) groups is 1. The second-order valence-electron chi connectivity index (χ2n) is 6.27. The molecule has 0 saturated carbocycles. The molecule has 1 aromatic rings. The van der Waals surface area contributed by atoms with E-state index in [4.69, 9.17) is 5.73 Å². The predicted octanol–water partition coefficient (Wildman–Crippen LogP) is 3.10. The molecule has 2 N–H and O–H groups in total. The minimum absolute atomic E-state index is 0.0491. The monoisotopic (exact) mass is 343 g/mol. The topological polar surface area (TPSA) is 60.9 Å². The maximum Gasteiger partial charge on any atom is 0.140 e. The van der Waals surface area contributed by atoms with Gasteiger partial charge in [0.1, 0.15) is 5.78 Å². The van der Waals surface area contributed by atoms with Gasteiger partial charge in [0.15, 0.2) is 0 Å². The summed E-state index contributed by atoms with van der Waals surface area (Å²) in [6.07, 6.45) is 1.66. The van der Waals surface area contributed by atoms with Crippen molar-refractivity contribution in [3.8, 4) is 0 Å². The number of nitrogens with zero attached hydrogens (tertiary/aromatic N) is 2. The Hall–Kier alpha value is -0.680. The zero-order valence-corrected chi connectivity index (χ0v) is 14.7. The van der Waals surface area contributed by atoms with Crippen molar-refractivity contribution in [1.29, 1.82) is 0 Å². The van der Waals surface area contributed by atoms with E-state index >= 15 is 0 Å². The first kappa shape index (κ1) is 17.4. The van der Waals surface area contributed by atoms with Crippen LogP contribution in [0, 0.1) is 5.41 Å². The van der Waals surface area contributed by atoms with Crippen molar-refractivity contribution >= 4 is 21.7 Å². The molecule has 1 heterocycles. The van der Waals surface area contributed by atoms with Gasteiger partial charge in [-0.25, -0.2) is 0 Å². The normalized spacial score (nSPS) is 13.6. The van der Waals surface area contributed by atoms with Crippen molar-refractivity contribution in [2.75, 3.05) is 0 Å². The second kappa shape index (κ2) is 6.85. The summed E-state index contributed by atoms with van der Waals surface area (Å²) in [4.78, 5) is 12.2. The van der Waals surface area contributed by atoms with Gasteiger partial charge in [-0.3, -0.25) is 9.48 Å². The standard InChI is InChI=1S/C15H26BrN3O/c1-6-11-14(16)12(19(7-2)18-11)8-10(20)9-13(17)15(3,4)5/h13H,6-9,17H2,1-5H3. The van der Waals surface area contributed by atoms with Gasteiger partial charge in [0, 0.05) is 25.4 Å². The fraction of sp³-hybridized carbons (Fsp3) is 0.733. The van der Waals surface area contributed by atoms with Crippen molar-refractivity contribution in [3.63, 3.8) is 0 Å². The van der Waals surface area contributed by atoms with E-state index in [-0.39, 0.29) is 17.2 Å². The van der Waals surface area contributed by atoms with Crippen LogP contribution in [0.5, 0.6) is 0 Å². The highest BCUT2D eigenvalue weighted by Gasteiger charge is 2.24. The van der Waals surface area contributed by atoms with E-state index in [9.17, 15) is 4.79 Å². The summed E-state index contributed by atoms with van der Waals surface area (Å²) in [5.74, 6) is 0.172. The van der Waals surface area contributed by atoms with Crippen molar-refractivity contribution in [3.05, 3.63) is 15.9 Å². The number of nitrogens with two attached hydrogens (primary N) is 1. The molecule has 0 aromatic carbocycles. The van der Waals surface area contributed by atoms with Crippen LogP contribution in [0.4, 0.5) is 0 Å². The predicted molar refractivity (Wildman–Crippen MR) is 85.7 cm³/mol. The lowest BCUT2D eigenvalue weighted by Gasteiger charge is -2.26. The zero-order chi connectivity index (χ0) is 15.5. The molecule has 1 atom stereocenters. The molecule has 0 aliphatic rings. The van der Waals surface area contributed by atoms with Crippen molar-refractivity contribution < 1.29 is 4.79 Å². The van der Waals surface area contributed by atoms with Gasteiger partial charge >= 0.3 is 0 Å². The molecule has 0 bridgehead atoms. The van der Waals surface area contributed by atoms with E-state index in [2.05, 4.69) is 48.7 Å². The maximum atomic E-state index is 12.2. The van der Waals surface area contributed by atoms with Crippen molar-refractivity contribution in [2.24, 2.45) is 11.1 Å². The molecular formula is C15H26BrN3O. The van der Waals surface area contributed by atoms with Gasteiger partial charge in [-0.1, -0.05) is 27.7 Å². The van der Waals surface area contributed by atoms with Crippen molar-refractivity contribution in [1.82, 2.24) is 9.78 Å². The SMILES string of the molecule is CCc1nn(CC)c(CC(=O)CC(N)C(C)(C)C)c1Br. The van der Waals surface area contributed by atoms with Gasteiger partial charge in [0.25, 0.3) is 0 Å². The summed E-state index contributed by atoms with van der Waals surface area (Å²) >= 11 is 3.57. The number of hydrogen-bond acceptors (Lipinski definition) is 3. The van der Waals surface area contributed by atoms with E-state index in [1.165, 1.54) is 0 Å². The minimum atomic E-state index is -0.114. The van der Waals surface area contributed by atoms with Crippen LogP contribution in [0.3, 0.4) is 0 Å². The van der Waals surface area contributed by atoms with E-state index in [1.54, 1.807) is 0 Å². The lowest BCUT2D eigenvalue weighted by atomic mass is 9.84. The third-order valence-electron chi connectivity index (χ3n) is 3.62. The smallest absolute Gasteiger partial charge is 0.140 e. The molecule has 0 aliphatic carbocycles. The fourth-order valence-electron chi connectivity index (χ4n) is 2.00. The number of aryl methyl sites for hydroxylation is 2. The third kappa shape index (κ3) is 4.16. The lowest BCUT2D eigenvalue weighted by Crippen LogP contribution is -2.37. The number of carbonyl (C=O) groups excluding carboxylic acids is 1. The van der Waals surface area contributed by atoms with E-state index in [0.29, 0.717) is 12.8 Å². The van der Waals surface area contributed by atoms with Crippen LogP contribution in [0.15, 0.2) is 4.47 Å². The Bertz CT molecular complexity index is 474. The molecule has 1 aromatic heterocycles. The Morgan fingerprint density at radius 1 is 1.40 bits per heavy atom. The molecule has 0 amide bonds. The summed E-state index contributed by atoms with van der Waals surface area (Å²) in [6, 6.07) is -0.114. The Morgan fingerprint density at radius 2 is 2.00 bits per heavy atom. The van der Waals surface area contributed by atoms with E-state index < -0.39 is 0 Å². The van der Waals surface area contributed by atoms with Crippen LogP contribution in [-0.4, -0.2) is 21.6 Å². The van der Waals surface area contributed by atoms with Gasteiger partial charge in [-0.2, -0.15) is 5.10 Å². The summed E-state index contributed by atoms with van der Waals surface area (Å²) in [5, 5.41) is 4.51. The molecule has 0 saturated heterocycles. The molecule has 4 nitrogen and oxygen atoms in total. The van der Waals surface area contributed by atoms with Crippen LogP contribution in [-0.2, 0) is 24.2 Å². The minimum Gasteiger partial charge on any atom is -0.327 e. The fourth-order valence-corrected chi connectivity index (χ4v) is 2.70. The first-order valence-corrected chi connectivity index (χ1v) is 8.01. The van der Waals surface area contributed by atoms with Crippen molar-refractivity contribution in [2.45, 2.75) is 66.5 Å². The molecule has 5 heteroatoms. The lowest BCUT2D eigenvalue weighted by molar-refractivity contribution is -0.119. The largest absolute Gasteiger partial charge is 0.327 e. The zero-order valence-electron chi connectivity index (χ0n) is 13.2. The van der Waals surface area contributed by atoms with Gasteiger partial charge in [0.05, 0.1) is 15.9 Å². The van der Waals surface area contributed by atoms with Gasteiger partial charge in [0.2, 0.25) is 0 Å². The first-order chi connectivity index (χ1) is 9.20. The maximum absolute atomic E-state index is 12.2. The van der Waals surface area contributed by atoms with Gasteiger partial charge in [-0.15, -0.1) is 0 Å². The van der Waals surface area contributed by atoms with Gasteiger partial charge in [-0.05, 0) is 34.7 Å². The quantitative estimate of drug-likeness (QED) is 0.863. The number of Topliss-reactive ketones (excluding diaryl/α,β-unsaturated/α-hetero) is 1. The Morgan fingerprint density at radius 3 is 2.45 bits per heavy atom. The molecule has 0 fully saturated rings. The highest BCUT2D eigenvalue weighted by atomic mass is 79.9. The molecule has 114 valence electrons. The molecule has 1 unspecified atom stereocenters. The number of hydrogen-bond donors (Lipinski definition) is 1. The molecule has 1 rings (SSSR count). The van der Waals surface area contributed by atoms with E-state index in [1.807, 2.05) is 11.6 Å². The molecule has 0 spiro atoms. The third-order valence-corrected chi connectivity index (χ3v) is 4.53. The number of rotatable bonds is 6. The van der Waals surface area contributed by atoms with Crippen LogP contribution in [0.2, 0.25) is 0 Å². The summed E-state index contributed by atoms with van der Waals surface area (Å²) in [5.41, 5.74) is 8.02. The first-order valence-electron chi connectivity index (χ1n) is 7.22. The summed E-state index contributed by atoms with van der Waals surface area (Å²) < 4.78 is 2.88. The Kier molecular flexibility index (Phi) is 5.95. The van der Waals surface area contributed by atoms with Crippen LogP contribution >= 0.6 is 15.9 Å². The summed E-state index contributed by atoms with van der Waals surface area (Å²) in [6.45, 7) is 11.1. The Balaban J connectivity index is 2.83. The van der Waals surface area contributed by atoms with Crippen LogP contribution in [0.25, 0.3) is 0 Å². The average molecular weight is 344 g/mol. The highest BCUT2D eigenvalue weighted by molar-refractivity contribution is 9.10. The van der Waals surface area contributed by atoms with E-state index in [0.717, 1.165) is 28.8 Å². The second-order valence-corrected chi connectivity index (χ2v) is 7.06. The van der Waals surface area contributed by atoms with Crippen LogP contribution in [0.1, 0.15) is 52.4 Å². The highest BCUT2D eigenvalue weighted by Crippen LogP contribution is 2.25. The molecule has 0 radical (unpaired) electrons. The average Bonchev–Trinajstić information content (AvgIpc) is 2.65. The molecule has 0 aliphatic heterocycles. The number of ketones is 1. The molecule has 20 heavy (non-hydrogen) atoms. The summed E-state index contributed by atoms with van der Waals surface area (Å²) in [7, 11) is 0. The van der Waals surface area contributed by atoms with Crippen LogP contribution < -0.4 is 5.73 Å². The number of halogens is 1. The molecular weight excluding hydrogens is 318 g/mol. The number of aromatic nitrogens is 2.